The minimum Gasteiger partial charge on any atom is -0.497 e. The highest BCUT2D eigenvalue weighted by molar-refractivity contribution is 5.95. The Kier molecular flexibility index (Phi) is 7.68. The van der Waals surface area contributed by atoms with Gasteiger partial charge in [-0.05, 0) is 55.8 Å². The summed E-state index contributed by atoms with van der Waals surface area (Å²) in [5.74, 6) is 1.30. The molecule has 1 aliphatic heterocycles. The average Bonchev–Trinajstić information content (AvgIpc) is 3.28. The second kappa shape index (κ2) is 10.5. The summed E-state index contributed by atoms with van der Waals surface area (Å²) < 4.78 is 21.6. The molecule has 0 bridgehead atoms. The van der Waals surface area contributed by atoms with E-state index in [0.717, 1.165) is 5.56 Å². The highest BCUT2D eigenvalue weighted by atomic mass is 16.5. The average molecular weight is 457 g/mol. The molecular weight excluding hydrogens is 424 g/mol. The third-order valence-electron chi connectivity index (χ3n) is 5.83. The minimum atomic E-state index is -0.419. The number of amides is 2. The van der Waals surface area contributed by atoms with Gasteiger partial charge in [0.25, 0.3) is 5.91 Å². The van der Waals surface area contributed by atoms with Crippen LogP contribution in [0.15, 0.2) is 36.4 Å². The number of rotatable bonds is 8. The van der Waals surface area contributed by atoms with Crippen molar-refractivity contribution >= 4 is 11.8 Å². The molecule has 33 heavy (non-hydrogen) atoms. The van der Waals surface area contributed by atoms with E-state index in [1.807, 2.05) is 26.0 Å². The predicted octanol–water partition coefficient (Wildman–Crippen LogP) is 3.10. The normalized spacial score (nSPS) is 17.6. The van der Waals surface area contributed by atoms with Gasteiger partial charge in [0.05, 0.1) is 34.4 Å². The highest BCUT2D eigenvalue weighted by Crippen LogP contribution is 2.43. The van der Waals surface area contributed by atoms with E-state index in [9.17, 15) is 9.59 Å². The van der Waals surface area contributed by atoms with Crippen LogP contribution in [0.4, 0.5) is 0 Å². The standard InChI is InChI=1S/C25H32N2O6/c1-15(2)26-24(28)20-14-27(25(29)16-7-9-18(30-3)10-8-16)13-19(20)17-11-21(31-4)23(33-6)22(12-17)32-5/h7-12,15,19-20H,13-14H2,1-6H3,(H,26,28)/t19-,20+/m1/s1. The quantitative estimate of drug-likeness (QED) is 0.657. The molecule has 0 saturated carbocycles. The number of ether oxygens (including phenoxy) is 4. The van der Waals surface area contributed by atoms with E-state index in [1.54, 1.807) is 57.6 Å². The summed E-state index contributed by atoms with van der Waals surface area (Å²) in [6.07, 6.45) is 0. The van der Waals surface area contributed by atoms with E-state index in [4.69, 9.17) is 18.9 Å². The Hall–Kier alpha value is -3.42. The molecule has 2 aromatic rings. The van der Waals surface area contributed by atoms with E-state index >= 15 is 0 Å². The lowest BCUT2D eigenvalue weighted by Gasteiger charge is -2.21. The van der Waals surface area contributed by atoms with Crippen molar-refractivity contribution in [2.45, 2.75) is 25.8 Å². The van der Waals surface area contributed by atoms with Gasteiger partial charge >= 0.3 is 0 Å². The molecule has 2 amide bonds. The topological polar surface area (TPSA) is 86.3 Å². The second-order valence-electron chi connectivity index (χ2n) is 8.27. The lowest BCUT2D eigenvalue weighted by atomic mass is 9.87. The van der Waals surface area contributed by atoms with E-state index in [1.165, 1.54) is 0 Å². The number of hydrogen-bond acceptors (Lipinski definition) is 6. The van der Waals surface area contributed by atoms with Crippen molar-refractivity contribution in [2.75, 3.05) is 41.5 Å². The molecule has 2 aromatic carbocycles. The van der Waals surface area contributed by atoms with Gasteiger partial charge in [-0.15, -0.1) is 0 Å². The van der Waals surface area contributed by atoms with E-state index in [2.05, 4.69) is 5.32 Å². The Morgan fingerprint density at radius 3 is 2.00 bits per heavy atom. The van der Waals surface area contributed by atoms with Crippen LogP contribution in [0.1, 0.15) is 35.7 Å². The van der Waals surface area contributed by atoms with Crippen LogP contribution in [0.3, 0.4) is 0 Å². The summed E-state index contributed by atoms with van der Waals surface area (Å²) >= 11 is 0. The number of hydrogen-bond donors (Lipinski definition) is 1. The zero-order chi connectivity index (χ0) is 24.1. The second-order valence-corrected chi connectivity index (χ2v) is 8.27. The van der Waals surface area contributed by atoms with Crippen LogP contribution >= 0.6 is 0 Å². The molecule has 0 aliphatic carbocycles. The first-order chi connectivity index (χ1) is 15.8. The van der Waals surface area contributed by atoms with Crippen molar-refractivity contribution in [2.24, 2.45) is 5.92 Å². The van der Waals surface area contributed by atoms with Crippen LogP contribution in [0.25, 0.3) is 0 Å². The molecule has 1 saturated heterocycles. The van der Waals surface area contributed by atoms with Gasteiger partial charge in [-0.25, -0.2) is 0 Å². The van der Waals surface area contributed by atoms with Crippen LogP contribution in [-0.2, 0) is 4.79 Å². The third-order valence-corrected chi connectivity index (χ3v) is 5.83. The van der Waals surface area contributed by atoms with Gasteiger partial charge in [-0.2, -0.15) is 0 Å². The summed E-state index contributed by atoms with van der Waals surface area (Å²) in [7, 11) is 6.23. The Bertz CT molecular complexity index is 964. The fourth-order valence-electron chi connectivity index (χ4n) is 4.20. The zero-order valence-corrected chi connectivity index (χ0v) is 20.0. The lowest BCUT2D eigenvalue weighted by Crippen LogP contribution is -2.39. The summed E-state index contributed by atoms with van der Waals surface area (Å²) in [5, 5.41) is 3.00. The molecule has 178 valence electrons. The third kappa shape index (κ3) is 5.16. The molecule has 0 radical (unpaired) electrons. The number of carbonyl (C=O) groups excluding carboxylic acids is 2. The summed E-state index contributed by atoms with van der Waals surface area (Å²) in [5.41, 5.74) is 1.39. The van der Waals surface area contributed by atoms with Gasteiger partial charge in [-0.3, -0.25) is 9.59 Å². The smallest absolute Gasteiger partial charge is 0.253 e. The van der Waals surface area contributed by atoms with Crippen LogP contribution in [0, 0.1) is 5.92 Å². The summed E-state index contributed by atoms with van der Waals surface area (Å²) in [6.45, 7) is 4.54. The summed E-state index contributed by atoms with van der Waals surface area (Å²) in [4.78, 5) is 28.1. The number of nitrogens with one attached hydrogen (secondary N) is 1. The first kappa shape index (κ1) is 24.2. The number of likely N-dealkylation sites (tertiary alicyclic amines) is 1. The van der Waals surface area contributed by atoms with Crippen molar-refractivity contribution in [3.05, 3.63) is 47.5 Å². The Balaban J connectivity index is 1.97. The first-order valence-electron chi connectivity index (χ1n) is 10.9. The van der Waals surface area contributed by atoms with Gasteiger partial charge < -0.3 is 29.2 Å². The van der Waals surface area contributed by atoms with Crippen LogP contribution in [-0.4, -0.2) is 64.3 Å². The number of benzene rings is 2. The number of methoxy groups -OCH3 is 4. The molecule has 0 spiro atoms. The molecule has 2 atom stereocenters. The number of carbonyl (C=O) groups is 2. The van der Waals surface area contributed by atoms with Crippen molar-refractivity contribution < 1.29 is 28.5 Å². The van der Waals surface area contributed by atoms with Gasteiger partial charge in [0.2, 0.25) is 11.7 Å². The van der Waals surface area contributed by atoms with Crippen molar-refractivity contribution in [3.63, 3.8) is 0 Å². The monoisotopic (exact) mass is 456 g/mol. The lowest BCUT2D eigenvalue weighted by molar-refractivity contribution is -0.125. The Morgan fingerprint density at radius 2 is 1.52 bits per heavy atom. The molecule has 1 N–H and O–H groups in total. The van der Waals surface area contributed by atoms with Crippen LogP contribution in [0.2, 0.25) is 0 Å². The fourth-order valence-corrected chi connectivity index (χ4v) is 4.20. The van der Waals surface area contributed by atoms with Crippen molar-refractivity contribution in [3.8, 4) is 23.0 Å². The maximum absolute atomic E-state index is 13.2. The summed E-state index contributed by atoms with van der Waals surface area (Å²) in [6, 6.07) is 10.7. The van der Waals surface area contributed by atoms with E-state index in [-0.39, 0.29) is 23.8 Å². The van der Waals surface area contributed by atoms with Gasteiger partial charge in [-0.1, -0.05) is 0 Å². The van der Waals surface area contributed by atoms with Gasteiger partial charge in [0.1, 0.15) is 5.75 Å². The number of nitrogens with zero attached hydrogens (tertiary/aromatic N) is 1. The molecule has 3 rings (SSSR count). The molecule has 0 unspecified atom stereocenters. The van der Waals surface area contributed by atoms with E-state index in [0.29, 0.717) is 41.7 Å². The van der Waals surface area contributed by atoms with Crippen molar-refractivity contribution in [1.82, 2.24) is 10.2 Å². The molecule has 8 nitrogen and oxygen atoms in total. The largest absolute Gasteiger partial charge is 0.497 e. The molecule has 0 aromatic heterocycles. The molecule has 8 heteroatoms. The Morgan fingerprint density at radius 1 is 0.909 bits per heavy atom. The zero-order valence-electron chi connectivity index (χ0n) is 20.0. The first-order valence-corrected chi connectivity index (χ1v) is 10.9. The SMILES string of the molecule is COc1ccc(C(=O)N2C[C@H](C(=O)NC(C)C)[C@@H](c3cc(OC)c(OC)c(OC)c3)C2)cc1. The highest BCUT2D eigenvalue weighted by Gasteiger charge is 2.41. The minimum absolute atomic E-state index is 0.00979. The van der Waals surface area contributed by atoms with Gasteiger partial charge in [0, 0.05) is 30.6 Å². The maximum Gasteiger partial charge on any atom is 0.253 e. The molecule has 1 fully saturated rings. The van der Waals surface area contributed by atoms with Crippen LogP contribution in [0.5, 0.6) is 23.0 Å². The van der Waals surface area contributed by atoms with E-state index < -0.39 is 5.92 Å². The van der Waals surface area contributed by atoms with Crippen LogP contribution < -0.4 is 24.3 Å². The van der Waals surface area contributed by atoms with Gasteiger partial charge in [0.15, 0.2) is 11.5 Å². The maximum atomic E-state index is 13.2. The molecule has 1 heterocycles. The molecular formula is C25H32N2O6. The predicted molar refractivity (Wildman–Crippen MR) is 125 cm³/mol. The van der Waals surface area contributed by atoms with Crippen molar-refractivity contribution in [1.29, 1.82) is 0 Å². The molecule has 1 aliphatic rings. The Labute approximate surface area is 194 Å². The fraction of sp³-hybridized carbons (Fsp3) is 0.440.